The highest BCUT2D eigenvalue weighted by Crippen LogP contribution is 2.31. The molecule has 0 radical (unpaired) electrons. The summed E-state index contributed by atoms with van der Waals surface area (Å²) in [6, 6.07) is 2.53. The Morgan fingerprint density at radius 1 is 0.875 bits per heavy atom. The first-order chi connectivity index (χ1) is 7.39. The summed E-state index contributed by atoms with van der Waals surface area (Å²) in [5.41, 5.74) is -1.11. The van der Waals surface area contributed by atoms with Crippen LogP contribution in [0.5, 0.6) is 0 Å². The Morgan fingerprint density at radius 3 is 2.00 bits per heavy atom. The predicted molar refractivity (Wildman–Crippen MR) is 49.2 cm³/mol. The maximum absolute atomic E-state index is 12.4. The van der Waals surface area contributed by atoms with Gasteiger partial charge in [-0.1, -0.05) is 0 Å². The van der Waals surface area contributed by atoms with E-state index in [0.717, 1.165) is 24.3 Å². The quantitative estimate of drug-likeness (QED) is 0.681. The van der Waals surface area contributed by atoms with Gasteiger partial charge in [0.15, 0.2) is 11.6 Å². The molecule has 1 aromatic rings. The van der Waals surface area contributed by atoms with Crippen LogP contribution in [-0.2, 0) is 6.18 Å². The molecule has 0 saturated carbocycles. The Balaban J connectivity index is 2.60. The molecule has 16 heavy (non-hydrogen) atoms. The average Bonchev–Trinajstić information content (AvgIpc) is 2.22. The van der Waals surface area contributed by atoms with Crippen LogP contribution >= 0.6 is 0 Å². The molecule has 1 aliphatic carbocycles. The van der Waals surface area contributed by atoms with Gasteiger partial charge in [0.1, 0.15) is 0 Å². The van der Waals surface area contributed by atoms with E-state index in [2.05, 4.69) is 0 Å². The molecule has 0 amide bonds. The van der Waals surface area contributed by atoms with Gasteiger partial charge in [-0.3, -0.25) is 9.59 Å². The van der Waals surface area contributed by atoms with Crippen LogP contribution in [0.3, 0.4) is 0 Å². The number of carbonyl (C=O) groups is 2. The molecule has 5 heteroatoms. The molecule has 2 rings (SSSR count). The first-order valence-electron chi connectivity index (χ1n) is 4.37. The van der Waals surface area contributed by atoms with Gasteiger partial charge in [0, 0.05) is 11.1 Å². The van der Waals surface area contributed by atoms with Crippen molar-refractivity contribution >= 4 is 11.6 Å². The van der Waals surface area contributed by atoms with Crippen LogP contribution in [0.4, 0.5) is 13.2 Å². The Labute approximate surface area is 88.4 Å². The molecular weight excluding hydrogens is 221 g/mol. The van der Waals surface area contributed by atoms with Crippen molar-refractivity contribution in [2.45, 2.75) is 6.18 Å². The molecular formula is C11H5F3O2. The molecule has 0 atom stereocenters. The van der Waals surface area contributed by atoms with Gasteiger partial charge in [0.2, 0.25) is 0 Å². The summed E-state index contributed by atoms with van der Waals surface area (Å²) in [4.78, 5) is 22.6. The van der Waals surface area contributed by atoms with Crippen molar-refractivity contribution in [1.82, 2.24) is 0 Å². The number of ketones is 2. The SMILES string of the molecule is O=C1C=CC(=O)c2cc(C(F)(F)F)ccc21. The van der Waals surface area contributed by atoms with Crippen LogP contribution < -0.4 is 0 Å². The van der Waals surface area contributed by atoms with E-state index in [9.17, 15) is 22.8 Å². The molecule has 1 aromatic carbocycles. The summed E-state index contributed by atoms with van der Waals surface area (Å²) in [5.74, 6) is -1.04. The highest BCUT2D eigenvalue weighted by Gasteiger charge is 2.32. The van der Waals surface area contributed by atoms with Crippen molar-refractivity contribution < 1.29 is 22.8 Å². The first kappa shape index (κ1) is 10.6. The third-order valence-electron chi connectivity index (χ3n) is 2.26. The molecule has 2 nitrogen and oxygen atoms in total. The Kier molecular flexibility index (Phi) is 2.18. The zero-order valence-electron chi connectivity index (χ0n) is 7.84. The maximum Gasteiger partial charge on any atom is 0.416 e. The van der Waals surface area contributed by atoms with Gasteiger partial charge in [-0.05, 0) is 30.4 Å². The molecule has 0 N–H and O–H groups in total. The fourth-order valence-corrected chi connectivity index (χ4v) is 1.47. The van der Waals surface area contributed by atoms with E-state index in [-0.39, 0.29) is 11.1 Å². The van der Waals surface area contributed by atoms with Crippen LogP contribution in [0.25, 0.3) is 0 Å². The summed E-state index contributed by atoms with van der Waals surface area (Å²) in [5, 5.41) is 0. The number of alkyl halides is 3. The lowest BCUT2D eigenvalue weighted by atomic mass is 9.93. The number of fused-ring (bicyclic) bond motifs is 1. The van der Waals surface area contributed by atoms with Crippen LogP contribution in [0, 0.1) is 0 Å². The third kappa shape index (κ3) is 1.64. The van der Waals surface area contributed by atoms with Crippen molar-refractivity contribution in [3.63, 3.8) is 0 Å². The summed E-state index contributed by atoms with van der Waals surface area (Å²) in [7, 11) is 0. The van der Waals surface area contributed by atoms with Crippen LogP contribution in [0.1, 0.15) is 26.3 Å². The van der Waals surface area contributed by atoms with Crippen LogP contribution in [0.15, 0.2) is 30.4 Å². The molecule has 0 aromatic heterocycles. The standard InChI is InChI=1S/C11H5F3O2/c12-11(13,14)6-1-2-7-8(5-6)10(16)4-3-9(7)15/h1-5H. The predicted octanol–water partition coefficient (Wildman–Crippen LogP) is 2.64. The highest BCUT2D eigenvalue weighted by atomic mass is 19.4. The smallest absolute Gasteiger partial charge is 0.289 e. The topological polar surface area (TPSA) is 34.1 Å². The molecule has 0 heterocycles. The molecule has 0 aliphatic heterocycles. The summed E-state index contributed by atoms with van der Waals surface area (Å²) in [6.45, 7) is 0. The number of halogens is 3. The Bertz CT molecular complexity index is 512. The monoisotopic (exact) mass is 226 g/mol. The molecule has 0 spiro atoms. The minimum Gasteiger partial charge on any atom is -0.289 e. The van der Waals surface area contributed by atoms with Gasteiger partial charge in [-0.15, -0.1) is 0 Å². The van der Waals surface area contributed by atoms with E-state index in [0.29, 0.717) is 6.07 Å². The largest absolute Gasteiger partial charge is 0.416 e. The molecule has 0 unspecified atom stereocenters. The molecule has 0 saturated heterocycles. The summed E-state index contributed by atoms with van der Waals surface area (Å²) >= 11 is 0. The number of hydrogen-bond donors (Lipinski definition) is 0. The van der Waals surface area contributed by atoms with Gasteiger partial charge in [0.05, 0.1) is 5.56 Å². The van der Waals surface area contributed by atoms with Crippen molar-refractivity contribution in [2.75, 3.05) is 0 Å². The van der Waals surface area contributed by atoms with Gasteiger partial charge >= 0.3 is 6.18 Å². The lowest BCUT2D eigenvalue weighted by Crippen LogP contribution is -2.14. The van der Waals surface area contributed by atoms with Crippen molar-refractivity contribution in [1.29, 1.82) is 0 Å². The second kappa shape index (κ2) is 3.30. The number of allylic oxidation sites excluding steroid dienone is 2. The molecule has 1 aliphatic rings. The van der Waals surface area contributed by atoms with E-state index >= 15 is 0 Å². The highest BCUT2D eigenvalue weighted by molar-refractivity contribution is 6.22. The lowest BCUT2D eigenvalue weighted by molar-refractivity contribution is -0.137. The van der Waals surface area contributed by atoms with Gasteiger partial charge < -0.3 is 0 Å². The maximum atomic E-state index is 12.4. The van der Waals surface area contributed by atoms with Crippen molar-refractivity contribution in [3.8, 4) is 0 Å². The van der Waals surface area contributed by atoms with Crippen LogP contribution in [0.2, 0.25) is 0 Å². The average molecular weight is 226 g/mol. The second-order valence-electron chi connectivity index (χ2n) is 3.32. The number of carbonyl (C=O) groups excluding carboxylic acids is 2. The van der Waals surface area contributed by atoms with E-state index in [1.54, 1.807) is 0 Å². The zero-order valence-corrected chi connectivity index (χ0v) is 7.84. The zero-order chi connectivity index (χ0) is 11.9. The van der Waals surface area contributed by atoms with Gasteiger partial charge in [-0.2, -0.15) is 13.2 Å². The van der Waals surface area contributed by atoms with E-state index in [4.69, 9.17) is 0 Å². The summed E-state index contributed by atoms with van der Waals surface area (Å²) in [6.07, 6.45) is -2.48. The second-order valence-corrected chi connectivity index (χ2v) is 3.32. The van der Waals surface area contributed by atoms with Crippen molar-refractivity contribution in [2.24, 2.45) is 0 Å². The van der Waals surface area contributed by atoms with Gasteiger partial charge in [0.25, 0.3) is 0 Å². The summed E-state index contributed by atoms with van der Waals surface area (Å²) < 4.78 is 37.1. The number of benzene rings is 1. The lowest BCUT2D eigenvalue weighted by Gasteiger charge is -2.12. The van der Waals surface area contributed by atoms with E-state index in [1.165, 1.54) is 0 Å². The first-order valence-corrected chi connectivity index (χ1v) is 4.37. The molecule has 0 fully saturated rings. The molecule has 82 valence electrons. The van der Waals surface area contributed by atoms with E-state index in [1.807, 2.05) is 0 Å². The third-order valence-corrected chi connectivity index (χ3v) is 2.26. The minimum absolute atomic E-state index is 0.0144. The fraction of sp³-hybridized carbons (Fsp3) is 0.0909. The number of hydrogen-bond acceptors (Lipinski definition) is 2. The van der Waals surface area contributed by atoms with Crippen molar-refractivity contribution in [3.05, 3.63) is 47.0 Å². The normalized spacial score (nSPS) is 15.2. The fourth-order valence-electron chi connectivity index (χ4n) is 1.47. The Morgan fingerprint density at radius 2 is 1.44 bits per heavy atom. The Hall–Kier alpha value is -1.91. The van der Waals surface area contributed by atoms with Crippen LogP contribution in [-0.4, -0.2) is 11.6 Å². The van der Waals surface area contributed by atoms with Gasteiger partial charge in [-0.25, -0.2) is 0 Å². The van der Waals surface area contributed by atoms with E-state index < -0.39 is 23.3 Å². The number of rotatable bonds is 0. The molecule has 0 bridgehead atoms. The minimum atomic E-state index is -4.51.